The molecule has 1 aliphatic rings. The first-order valence-electron chi connectivity index (χ1n) is 14.5. The predicted octanol–water partition coefficient (Wildman–Crippen LogP) is 9.44. The van der Waals surface area contributed by atoms with Gasteiger partial charge in [0, 0.05) is 72.2 Å². The molecule has 214 valence electrons. The van der Waals surface area contributed by atoms with Gasteiger partial charge in [-0.1, -0.05) is 72.3 Å². The topological polar surface area (TPSA) is 19.1 Å². The molecule has 0 spiro atoms. The molecule has 1 heterocycles. The van der Waals surface area contributed by atoms with Crippen molar-refractivity contribution < 1.29 is 13.4 Å². The lowest BCUT2D eigenvalue weighted by molar-refractivity contribution is -0.404. The Labute approximate surface area is 251 Å². The molecule has 6 rings (SSSR count). The maximum absolute atomic E-state index is 15.5. The Morgan fingerprint density at radius 1 is 0.907 bits per heavy atom. The van der Waals surface area contributed by atoms with Crippen LogP contribution in [0.4, 0.5) is 20.2 Å². The fraction of sp³-hybridized carbons (Fsp3) is 0.158. The van der Waals surface area contributed by atoms with E-state index in [0.717, 1.165) is 39.6 Å². The van der Waals surface area contributed by atoms with Gasteiger partial charge in [-0.05, 0) is 48.6 Å². The van der Waals surface area contributed by atoms with Crippen LogP contribution >= 0.6 is 0 Å². The van der Waals surface area contributed by atoms with Crippen molar-refractivity contribution in [2.75, 3.05) is 18.5 Å². The first-order chi connectivity index (χ1) is 20.9. The van der Waals surface area contributed by atoms with E-state index in [9.17, 15) is 4.39 Å². The number of allylic oxidation sites excluding steroid dienone is 3. The Morgan fingerprint density at radius 3 is 2.33 bits per heavy atom. The second kappa shape index (κ2) is 12.1. The van der Waals surface area contributed by atoms with Crippen LogP contribution in [0.2, 0.25) is 0 Å². The normalized spacial score (nSPS) is 15.5. The number of para-hydroxylation sites is 2. The summed E-state index contributed by atoms with van der Waals surface area (Å²) in [5.41, 5.74) is 7.22. The van der Waals surface area contributed by atoms with Gasteiger partial charge in [0.1, 0.15) is 18.7 Å². The smallest absolute Gasteiger partial charge is 0.205 e. The molecule has 0 radical (unpaired) electrons. The van der Waals surface area contributed by atoms with Crippen molar-refractivity contribution in [2.24, 2.45) is 0 Å². The maximum Gasteiger partial charge on any atom is 0.205 e. The molecule has 5 heteroatoms. The van der Waals surface area contributed by atoms with E-state index in [1.807, 2.05) is 66.7 Å². The molecule has 5 aromatic rings. The van der Waals surface area contributed by atoms with Gasteiger partial charge in [-0.3, -0.25) is 4.98 Å². The van der Waals surface area contributed by atoms with Gasteiger partial charge in [0.25, 0.3) is 0 Å². The maximum atomic E-state index is 15.5. The van der Waals surface area contributed by atoms with Gasteiger partial charge in [0.05, 0.1) is 5.69 Å². The quantitative estimate of drug-likeness (QED) is 0.105. The third-order valence-corrected chi connectivity index (χ3v) is 8.26. The van der Waals surface area contributed by atoms with E-state index in [1.54, 1.807) is 6.20 Å². The van der Waals surface area contributed by atoms with Crippen molar-refractivity contribution in [1.29, 1.82) is 0 Å². The molecular formula is C38H34F2N3+. The fourth-order valence-corrected chi connectivity index (χ4v) is 5.87. The van der Waals surface area contributed by atoms with Gasteiger partial charge in [0.2, 0.25) is 5.69 Å². The van der Waals surface area contributed by atoms with Crippen LogP contribution in [0.15, 0.2) is 133 Å². The number of fused-ring (bicyclic) bond motifs is 1. The summed E-state index contributed by atoms with van der Waals surface area (Å²) in [7, 11) is 2.07. The lowest BCUT2D eigenvalue weighted by Gasteiger charge is -2.33. The second-order valence-electron chi connectivity index (χ2n) is 11.1. The molecule has 1 unspecified atom stereocenters. The molecule has 0 aliphatic heterocycles. The predicted molar refractivity (Wildman–Crippen MR) is 173 cm³/mol. The fourth-order valence-electron chi connectivity index (χ4n) is 5.87. The van der Waals surface area contributed by atoms with Crippen molar-refractivity contribution >= 4 is 27.9 Å². The third kappa shape index (κ3) is 5.89. The van der Waals surface area contributed by atoms with E-state index < -0.39 is 11.6 Å². The number of benzene rings is 4. The van der Waals surface area contributed by atoms with Gasteiger partial charge >= 0.3 is 0 Å². The number of hydrogen-bond acceptors (Lipinski definition) is 2. The lowest BCUT2D eigenvalue weighted by Crippen LogP contribution is -2.28. The molecule has 3 nitrogen and oxygen atoms in total. The molecule has 0 bridgehead atoms. The minimum atomic E-state index is -0.584. The molecule has 0 fully saturated rings. The Morgan fingerprint density at radius 2 is 1.58 bits per heavy atom. The number of halogens is 2. The second-order valence-corrected chi connectivity index (χ2v) is 11.1. The molecule has 1 atom stereocenters. The monoisotopic (exact) mass is 570 g/mol. The van der Waals surface area contributed by atoms with Crippen molar-refractivity contribution in [2.45, 2.75) is 26.2 Å². The number of pyridine rings is 1. The molecular weight excluding hydrogens is 536 g/mol. The van der Waals surface area contributed by atoms with Crippen molar-refractivity contribution in [3.63, 3.8) is 0 Å². The van der Waals surface area contributed by atoms with Crippen LogP contribution in [0, 0.1) is 11.6 Å². The van der Waals surface area contributed by atoms with Crippen molar-refractivity contribution in [3.05, 3.63) is 150 Å². The van der Waals surface area contributed by atoms with Crippen LogP contribution in [-0.2, 0) is 0 Å². The van der Waals surface area contributed by atoms with E-state index in [0.29, 0.717) is 29.8 Å². The molecule has 1 aromatic heterocycles. The summed E-state index contributed by atoms with van der Waals surface area (Å²) < 4.78 is 32.2. The molecule has 0 saturated heterocycles. The number of hydrogen-bond donors (Lipinski definition) is 0. The Hall–Kier alpha value is -4.90. The number of anilines is 1. The first-order valence-corrected chi connectivity index (χ1v) is 14.5. The van der Waals surface area contributed by atoms with Gasteiger partial charge in [-0.25, -0.2) is 8.78 Å². The van der Waals surface area contributed by atoms with E-state index in [2.05, 4.69) is 71.8 Å². The Bertz CT molecular complexity index is 1870. The van der Waals surface area contributed by atoms with E-state index >= 15 is 4.39 Å². The zero-order valence-electron chi connectivity index (χ0n) is 24.6. The SMILES string of the molecule is C/C(=C/C(C)=[N+](\C)c1ccccc1)N(CC1=CC(c2cc(F)cc(F)c2-c2nccc3ccccc23)C1)c1ccccc1. The van der Waals surface area contributed by atoms with Crippen molar-refractivity contribution in [3.8, 4) is 11.3 Å². The van der Waals surface area contributed by atoms with Crippen LogP contribution in [-0.4, -0.2) is 28.9 Å². The zero-order valence-corrected chi connectivity index (χ0v) is 24.6. The number of rotatable bonds is 8. The molecule has 0 amide bonds. The Balaban J connectivity index is 1.33. The number of nitrogens with zero attached hydrogens (tertiary/aromatic N) is 3. The van der Waals surface area contributed by atoms with Crippen LogP contribution in [0.3, 0.4) is 0 Å². The van der Waals surface area contributed by atoms with Gasteiger partial charge in [-0.2, -0.15) is 4.58 Å². The van der Waals surface area contributed by atoms with Crippen LogP contribution in [0.1, 0.15) is 31.7 Å². The average molecular weight is 571 g/mol. The molecule has 43 heavy (non-hydrogen) atoms. The van der Waals surface area contributed by atoms with Gasteiger partial charge in [0.15, 0.2) is 5.71 Å². The van der Waals surface area contributed by atoms with Crippen LogP contribution < -0.4 is 4.90 Å². The highest BCUT2D eigenvalue weighted by atomic mass is 19.1. The summed E-state index contributed by atoms with van der Waals surface area (Å²) in [5.74, 6) is -1.26. The molecule has 0 N–H and O–H groups in total. The van der Waals surface area contributed by atoms with Gasteiger partial charge < -0.3 is 4.90 Å². The largest absolute Gasteiger partial charge is 0.341 e. The Kier molecular flexibility index (Phi) is 7.97. The molecule has 4 aromatic carbocycles. The highest BCUT2D eigenvalue weighted by Crippen LogP contribution is 2.43. The minimum Gasteiger partial charge on any atom is -0.341 e. The van der Waals surface area contributed by atoms with E-state index in [4.69, 9.17) is 0 Å². The van der Waals surface area contributed by atoms with E-state index in [-0.39, 0.29) is 5.92 Å². The zero-order chi connectivity index (χ0) is 29.9. The summed E-state index contributed by atoms with van der Waals surface area (Å²) in [6.45, 7) is 4.92. The average Bonchev–Trinajstić information content (AvgIpc) is 3.00. The first kappa shape index (κ1) is 28.2. The molecule has 1 aliphatic carbocycles. The summed E-state index contributed by atoms with van der Waals surface area (Å²) in [4.78, 5) is 6.85. The highest BCUT2D eigenvalue weighted by molar-refractivity contribution is 5.95. The summed E-state index contributed by atoms with van der Waals surface area (Å²) in [6, 6.07) is 32.7. The summed E-state index contributed by atoms with van der Waals surface area (Å²) in [5, 5.41) is 1.82. The summed E-state index contributed by atoms with van der Waals surface area (Å²) >= 11 is 0. The van der Waals surface area contributed by atoms with Crippen LogP contribution in [0.25, 0.3) is 22.0 Å². The van der Waals surface area contributed by atoms with E-state index in [1.165, 1.54) is 11.6 Å². The summed E-state index contributed by atoms with van der Waals surface area (Å²) in [6.07, 6.45) is 6.75. The third-order valence-electron chi connectivity index (χ3n) is 8.26. The molecule has 0 saturated carbocycles. The minimum absolute atomic E-state index is 0.101. The van der Waals surface area contributed by atoms with Gasteiger partial charge in [-0.15, -0.1) is 0 Å². The number of aromatic nitrogens is 1. The lowest BCUT2D eigenvalue weighted by atomic mass is 9.78. The van der Waals surface area contributed by atoms with Crippen molar-refractivity contribution in [1.82, 2.24) is 4.98 Å². The highest BCUT2D eigenvalue weighted by Gasteiger charge is 2.29. The standard InChI is InChI=1S/C38H34F2N3/c1-26(42(3)32-13-6-4-7-14-32)20-27(2)43(33-15-8-5-9-16-33)25-28-21-30(22-28)35-23-31(39)24-36(40)37(35)38-34-17-11-10-12-29(34)18-19-41-38/h4-21,23-24,30H,22,25H2,1-3H3/q+1. The van der Waals surface area contributed by atoms with Crippen LogP contribution in [0.5, 0.6) is 0 Å².